The first-order chi connectivity index (χ1) is 13.0. The number of hydrogen-bond acceptors (Lipinski definition) is 4. The predicted octanol–water partition coefficient (Wildman–Crippen LogP) is 4.38. The lowest BCUT2D eigenvalue weighted by molar-refractivity contribution is 0.0954. The Bertz CT molecular complexity index is 991. The van der Waals surface area contributed by atoms with Gasteiger partial charge in [0.2, 0.25) is 0 Å². The van der Waals surface area contributed by atoms with Gasteiger partial charge in [0.1, 0.15) is 0 Å². The van der Waals surface area contributed by atoms with Crippen molar-refractivity contribution in [1.29, 1.82) is 0 Å². The van der Waals surface area contributed by atoms with Crippen molar-refractivity contribution in [2.45, 2.75) is 13.8 Å². The van der Waals surface area contributed by atoms with Gasteiger partial charge in [0.25, 0.3) is 11.8 Å². The molecule has 6 heteroatoms. The molecule has 0 aliphatic rings. The van der Waals surface area contributed by atoms with Gasteiger partial charge in [-0.05, 0) is 61.9 Å². The standard InChI is InChI=1S/C21H19N3O2S/c1-14-5-3-4-6-19(14)21(26)23-17-10-8-16(9-11-17)20(25)24-22-13-18-12-7-15(2)27-18/h3-13H,1-2H3,(H,23,26)(H,24,25)/b22-13+. The third-order valence-electron chi connectivity index (χ3n) is 3.91. The number of nitrogens with zero attached hydrogens (tertiary/aromatic N) is 1. The highest BCUT2D eigenvalue weighted by Gasteiger charge is 2.09. The van der Waals surface area contributed by atoms with Crippen molar-refractivity contribution < 1.29 is 9.59 Å². The minimum atomic E-state index is -0.309. The van der Waals surface area contributed by atoms with Crippen LogP contribution in [0.3, 0.4) is 0 Å². The number of anilines is 1. The van der Waals surface area contributed by atoms with Crippen LogP contribution in [0.2, 0.25) is 0 Å². The molecule has 0 atom stereocenters. The van der Waals surface area contributed by atoms with Crippen molar-refractivity contribution in [2.75, 3.05) is 5.32 Å². The van der Waals surface area contributed by atoms with E-state index >= 15 is 0 Å². The molecule has 2 aromatic carbocycles. The third-order valence-corrected chi connectivity index (χ3v) is 4.85. The Labute approximate surface area is 161 Å². The second-order valence-electron chi connectivity index (χ2n) is 5.99. The number of benzene rings is 2. The molecule has 3 aromatic rings. The van der Waals surface area contributed by atoms with E-state index in [4.69, 9.17) is 0 Å². The van der Waals surface area contributed by atoms with Crippen LogP contribution >= 0.6 is 11.3 Å². The normalized spacial score (nSPS) is 10.7. The zero-order chi connectivity index (χ0) is 19.2. The molecule has 1 heterocycles. The molecular weight excluding hydrogens is 358 g/mol. The van der Waals surface area contributed by atoms with Crippen molar-refractivity contribution in [3.8, 4) is 0 Å². The van der Waals surface area contributed by atoms with Crippen molar-refractivity contribution in [2.24, 2.45) is 5.10 Å². The van der Waals surface area contributed by atoms with E-state index in [1.54, 1.807) is 47.9 Å². The average Bonchev–Trinajstić information content (AvgIpc) is 3.07. The summed E-state index contributed by atoms with van der Waals surface area (Å²) in [5, 5.41) is 6.80. The lowest BCUT2D eigenvalue weighted by Crippen LogP contribution is -2.18. The van der Waals surface area contributed by atoms with Crippen molar-refractivity contribution >= 4 is 35.1 Å². The van der Waals surface area contributed by atoms with Crippen LogP contribution in [0.15, 0.2) is 65.8 Å². The van der Waals surface area contributed by atoms with Crippen molar-refractivity contribution in [1.82, 2.24) is 5.43 Å². The summed E-state index contributed by atoms with van der Waals surface area (Å²) in [5.41, 5.74) is 5.11. The molecule has 0 radical (unpaired) electrons. The van der Waals surface area contributed by atoms with Crippen LogP contribution in [-0.4, -0.2) is 18.0 Å². The third kappa shape index (κ3) is 4.89. The highest BCUT2D eigenvalue weighted by atomic mass is 32.1. The molecule has 5 nitrogen and oxygen atoms in total. The van der Waals surface area contributed by atoms with E-state index in [2.05, 4.69) is 15.8 Å². The summed E-state index contributed by atoms with van der Waals surface area (Å²) in [6.07, 6.45) is 1.62. The summed E-state index contributed by atoms with van der Waals surface area (Å²) < 4.78 is 0. The molecule has 0 aliphatic heterocycles. The van der Waals surface area contributed by atoms with Crippen LogP contribution in [0.4, 0.5) is 5.69 Å². The number of thiophene rings is 1. The van der Waals surface area contributed by atoms with Crippen molar-refractivity contribution in [3.63, 3.8) is 0 Å². The van der Waals surface area contributed by atoms with Gasteiger partial charge >= 0.3 is 0 Å². The molecule has 0 spiro atoms. The average molecular weight is 377 g/mol. The molecule has 27 heavy (non-hydrogen) atoms. The van der Waals surface area contributed by atoms with E-state index < -0.39 is 0 Å². The number of amides is 2. The summed E-state index contributed by atoms with van der Waals surface area (Å²) in [5.74, 6) is -0.488. The van der Waals surface area contributed by atoms with Crippen LogP contribution in [0, 0.1) is 13.8 Å². The first-order valence-electron chi connectivity index (χ1n) is 8.40. The molecule has 0 unspecified atom stereocenters. The number of nitrogens with one attached hydrogen (secondary N) is 2. The van der Waals surface area contributed by atoms with Gasteiger partial charge in [-0.2, -0.15) is 5.10 Å². The van der Waals surface area contributed by atoms with E-state index in [1.165, 1.54) is 4.88 Å². The number of rotatable bonds is 5. The summed E-state index contributed by atoms with van der Waals surface area (Å²) in [4.78, 5) is 26.6. The van der Waals surface area contributed by atoms with Gasteiger partial charge in [-0.1, -0.05) is 18.2 Å². The first-order valence-corrected chi connectivity index (χ1v) is 9.21. The zero-order valence-electron chi connectivity index (χ0n) is 15.0. The van der Waals surface area contributed by atoms with Crippen LogP contribution in [0.1, 0.15) is 36.0 Å². The highest BCUT2D eigenvalue weighted by molar-refractivity contribution is 7.13. The molecule has 1 aromatic heterocycles. The molecule has 3 rings (SSSR count). The fourth-order valence-electron chi connectivity index (χ4n) is 2.47. The number of hydrazone groups is 1. The topological polar surface area (TPSA) is 70.6 Å². The SMILES string of the molecule is Cc1ccc(/C=N/NC(=O)c2ccc(NC(=O)c3ccccc3C)cc2)s1. The Kier molecular flexibility index (Phi) is 5.78. The van der Waals surface area contributed by atoms with Crippen LogP contribution in [0.5, 0.6) is 0 Å². The Morgan fingerprint density at radius 2 is 1.67 bits per heavy atom. The summed E-state index contributed by atoms with van der Waals surface area (Å²) >= 11 is 1.60. The minimum Gasteiger partial charge on any atom is -0.322 e. The molecule has 0 saturated heterocycles. The van der Waals surface area contributed by atoms with Crippen LogP contribution in [-0.2, 0) is 0 Å². The highest BCUT2D eigenvalue weighted by Crippen LogP contribution is 2.14. The van der Waals surface area contributed by atoms with Crippen LogP contribution < -0.4 is 10.7 Å². The van der Waals surface area contributed by atoms with Crippen LogP contribution in [0.25, 0.3) is 0 Å². The Morgan fingerprint density at radius 1 is 0.926 bits per heavy atom. The fourth-order valence-corrected chi connectivity index (χ4v) is 3.22. The molecule has 0 saturated carbocycles. The second kappa shape index (κ2) is 8.42. The number of hydrogen-bond donors (Lipinski definition) is 2. The Hall–Kier alpha value is -3.25. The summed E-state index contributed by atoms with van der Waals surface area (Å²) in [7, 11) is 0. The molecular formula is C21H19N3O2S. The molecule has 0 bridgehead atoms. The van der Waals surface area contributed by atoms with E-state index in [1.807, 2.05) is 44.2 Å². The van der Waals surface area contributed by atoms with Gasteiger partial charge in [0.05, 0.1) is 6.21 Å². The minimum absolute atomic E-state index is 0.179. The molecule has 136 valence electrons. The largest absolute Gasteiger partial charge is 0.322 e. The van der Waals surface area contributed by atoms with E-state index in [-0.39, 0.29) is 11.8 Å². The molecule has 2 amide bonds. The van der Waals surface area contributed by atoms with E-state index in [0.29, 0.717) is 16.8 Å². The maximum Gasteiger partial charge on any atom is 0.271 e. The second-order valence-corrected chi connectivity index (χ2v) is 7.31. The predicted molar refractivity (Wildman–Crippen MR) is 110 cm³/mol. The zero-order valence-corrected chi connectivity index (χ0v) is 15.8. The number of carbonyl (C=O) groups excluding carboxylic acids is 2. The monoisotopic (exact) mass is 377 g/mol. The Balaban J connectivity index is 1.59. The summed E-state index contributed by atoms with van der Waals surface area (Å²) in [6.45, 7) is 3.90. The summed E-state index contributed by atoms with van der Waals surface area (Å²) in [6, 6.07) is 18.0. The smallest absolute Gasteiger partial charge is 0.271 e. The molecule has 0 aliphatic carbocycles. The molecule has 2 N–H and O–H groups in total. The van der Waals surface area contributed by atoms with Gasteiger partial charge < -0.3 is 5.32 Å². The van der Waals surface area contributed by atoms with Crippen molar-refractivity contribution in [3.05, 3.63) is 87.1 Å². The van der Waals surface area contributed by atoms with Gasteiger partial charge in [0, 0.05) is 26.6 Å². The first kappa shape index (κ1) is 18.5. The lowest BCUT2D eigenvalue weighted by Gasteiger charge is -2.08. The number of carbonyl (C=O) groups is 2. The van der Waals surface area contributed by atoms with Gasteiger partial charge in [-0.25, -0.2) is 5.43 Å². The van der Waals surface area contributed by atoms with Gasteiger partial charge in [-0.15, -0.1) is 11.3 Å². The lowest BCUT2D eigenvalue weighted by atomic mass is 10.1. The van der Waals surface area contributed by atoms with Gasteiger partial charge in [-0.3, -0.25) is 9.59 Å². The quantitative estimate of drug-likeness (QED) is 0.512. The number of aryl methyl sites for hydroxylation is 2. The van der Waals surface area contributed by atoms with E-state index in [0.717, 1.165) is 10.4 Å². The van der Waals surface area contributed by atoms with Gasteiger partial charge in [0.15, 0.2) is 0 Å². The maximum absolute atomic E-state index is 12.3. The van der Waals surface area contributed by atoms with E-state index in [9.17, 15) is 9.59 Å². The Morgan fingerprint density at radius 3 is 2.33 bits per heavy atom. The molecule has 0 fully saturated rings. The maximum atomic E-state index is 12.3. The fraction of sp³-hybridized carbons (Fsp3) is 0.0952.